The highest BCUT2D eigenvalue weighted by molar-refractivity contribution is 5.81. The highest BCUT2D eigenvalue weighted by Crippen LogP contribution is 2.65. The molecule has 17 heavy (non-hydrogen) atoms. The molecule has 5 aliphatic rings. The summed E-state index contributed by atoms with van der Waals surface area (Å²) in [6.07, 6.45) is 5.09. The van der Waals surface area contributed by atoms with Crippen LogP contribution in [0.15, 0.2) is 0 Å². The van der Waals surface area contributed by atoms with Gasteiger partial charge in [0.15, 0.2) is 5.79 Å². The van der Waals surface area contributed by atoms with Gasteiger partial charge in [0.1, 0.15) is 0 Å². The number of rotatable bonds is 1. The number of ether oxygens (including phenoxy) is 2. The number of carbonyl (C=O) groups excluding carboxylic acids is 1. The lowest BCUT2D eigenvalue weighted by atomic mass is 9.47. The van der Waals surface area contributed by atoms with Crippen molar-refractivity contribution < 1.29 is 14.3 Å². The predicted octanol–water partition coefficient (Wildman–Crippen LogP) is 1.04. The zero-order chi connectivity index (χ0) is 11.7. The van der Waals surface area contributed by atoms with Crippen molar-refractivity contribution in [3.05, 3.63) is 0 Å². The molecule has 1 spiro atoms. The van der Waals surface area contributed by atoms with Crippen molar-refractivity contribution in [2.75, 3.05) is 13.2 Å². The van der Waals surface area contributed by atoms with E-state index in [-0.39, 0.29) is 17.1 Å². The number of carbonyl (C=O) groups is 1. The largest absolute Gasteiger partial charge is 0.369 e. The molecule has 5 rings (SSSR count). The number of hydrogen-bond donors (Lipinski definition) is 1. The summed E-state index contributed by atoms with van der Waals surface area (Å²) in [5, 5.41) is 0. The Labute approximate surface area is 101 Å². The Bertz CT molecular complexity index is 357. The number of hydrogen-bond acceptors (Lipinski definition) is 3. The second-order valence-corrected chi connectivity index (χ2v) is 6.41. The second-order valence-electron chi connectivity index (χ2n) is 6.41. The van der Waals surface area contributed by atoms with Crippen LogP contribution in [0.3, 0.4) is 0 Å². The van der Waals surface area contributed by atoms with Crippen LogP contribution in [0.4, 0.5) is 0 Å². The number of nitrogens with two attached hydrogens (primary N) is 1. The SMILES string of the molecule is NC(=O)C12CC3C[C@H](C1)C1(OCCO1)[C@@H](C3)C2. The minimum atomic E-state index is -0.351. The molecule has 4 nitrogen and oxygen atoms in total. The van der Waals surface area contributed by atoms with Gasteiger partial charge in [0.25, 0.3) is 0 Å². The molecule has 1 saturated heterocycles. The molecule has 0 aromatic carbocycles. The highest BCUT2D eigenvalue weighted by Gasteiger charge is 2.66. The van der Waals surface area contributed by atoms with Gasteiger partial charge in [0.2, 0.25) is 5.91 Å². The van der Waals surface area contributed by atoms with E-state index in [1.807, 2.05) is 0 Å². The average molecular weight is 237 g/mol. The van der Waals surface area contributed by atoms with Crippen molar-refractivity contribution in [3.63, 3.8) is 0 Å². The molecule has 4 heteroatoms. The first-order chi connectivity index (χ1) is 8.15. The molecule has 1 heterocycles. The van der Waals surface area contributed by atoms with E-state index in [1.54, 1.807) is 0 Å². The van der Waals surface area contributed by atoms with E-state index in [0.717, 1.165) is 32.1 Å². The van der Waals surface area contributed by atoms with E-state index in [4.69, 9.17) is 15.2 Å². The maximum Gasteiger partial charge on any atom is 0.223 e. The van der Waals surface area contributed by atoms with Crippen molar-refractivity contribution in [2.24, 2.45) is 28.9 Å². The summed E-state index contributed by atoms with van der Waals surface area (Å²) in [5.74, 6) is 1.01. The molecule has 0 aromatic rings. The summed E-state index contributed by atoms with van der Waals surface area (Å²) in [5.41, 5.74) is 5.42. The Morgan fingerprint density at radius 2 is 1.65 bits per heavy atom. The molecule has 0 aromatic heterocycles. The minimum Gasteiger partial charge on any atom is -0.369 e. The Morgan fingerprint density at radius 1 is 1.06 bits per heavy atom. The molecule has 4 bridgehead atoms. The van der Waals surface area contributed by atoms with E-state index >= 15 is 0 Å². The maximum absolute atomic E-state index is 11.8. The van der Waals surface area contributed by atoms with E-state index < -0.39 is 0 Å². The lowest BCUT2D eigenvalue weighted by molar-refractivity contribution is -0.298. The topological polar surface area (TPSA) is 61.6 Å². The van der Waals surface area contributed by atoms with Gasteiger partial charge >= 0.3 is 0 Å². The maximum atomic E-state index is 11.8. The normalized spacial score (nSPS) is 50.0. The molecule has 4 aliphatic carbocycles. The smallest absolute Gasteiger partial charge is 0.223 e. The van der Waals surface area contributed by atoms with Gasteiger partial charge in [-0.15, -0.1) is 0 Å². The van der Waals surface area contributed by atoms with E-state index in [0.29, 0.717) is 31.0 Å². The molecule has 4 atom stereocenters. The van der Waals surface area contributed by atoms with E-state index in [9.17, 15) is 4.79 Å². The Hall–Kier alpha value is -0.610. The van der Waals surface area contributed by atoms with Gasteiger partial charge in [0.05, 0.1) is 18.6 Å². The summed E-state index contributed by atoms with van der Waals surface area (Å²) in [6, 6.07) is 0. The zero-order valence-electron chi connectivity index (χ0n) is 9.98. The Morgan fingerprint density at radius 3 is 2.18 bits per heavy atom. The lowest BCUT2D eigenvalue weighted by Crippen LogP contribution is -2.64. The van der Waals surface area contributed by atoms with Crippen LogP contribution in [0.2, 0.25) is 0 Å². The second kappa shape index (κ2) is 3.04. The molecule has 4 saturated carbocycles. The third-order valence-corrected chi connectivity index (χ3v) is 5.59. The van der Waals surface area contributed by atoms with Gasteiger partial charge < -0.3 is 15.2 Å². The summed E-state index contributed by atoms with van der Waals surface area (Å²) in [6.45, 7) is 1.42. The van der Waals surface area contributed by atoms with Crippen LogP contribution in [0, 0.1) is 23.2 Å². The molecule has 2 unspecified atom stereocenters. The van der Waals surface area contributed by atoms with Crippen LogP contribution in [-0.4, -0.2) is 24.9 Å². The van der Waals surface area contributed by atoms with Gasteiger partial charge in [-0.25, -0.2) is 0 Å². The van der Waals surface area contributed by atoms with Crippen LogP contribution >= 0.6 is 0 Å². The molecular weight excluding hydrogens is 218 g/mol. The van der Waals surface area contributed by atoms with Crippen LogP contribution in [0.5, 0.6) is 0 Å². The zero-order valence-corrected chi connectivity index (χ0v) is 9.98. The van der Waals surface area contributed by atoms with Crippen LogP contribution in [0.1, 0.15) is 32.1 Å². The van der Waals surface area contributed by atoms with E-state index in [2.05, 4.69) is 0 Å². The first kappa shape index (κ1) is 10.3. The molecule has 5 fully saturated rings. The fourth-order valence-electron chi connectivity index (χ4n) is 5.14. The first-order valence-corrected chi connectivity index (χ1v) is 6.72. The van der Waals surface area contributed by atoms with Crippen LogP contribution < -0.4 is 5.73 Å². The minimum absolute atomic E-state index is 0.0928. The summed E-state index contributed by atoms with van der Waals surface area (Å²) in [4.78, 5) is 11.8. The van der Waals surface area contributed by atoms with Crippen LogP contribution in [0.25, 0.3) is 0 Å². The van der Waals surface area contributed by atoms with Crippen LogP contribution in [-0.2, 0) is 14.3 Å². The molecule has 0 radical (unpaired) electrons. The average Bonchev–Trinajstić information content (AvgIpc) is 2.75. The molecule has 94 valence electrons. The third-order valence-electron chi connectivity index (χ3n) is 5.59. The fourth-order valence-corrected chi connectivity index (χ4v) is 5.14. The summed E-state index contributed by atoms with van der Waals surface area (Å²) >= 11 is 0. The van der Waals surface area contributed by atoms with Gasteiger partial charge in [-0.3, -0.25) is 4.79 Å². The highest BCUT2D eigenvalue weighted by atomic mass is 16.7. The summed E-state index contributed by atoms with van der Waals surface area (Å²) < 4.78 is 11.9. The standard InChI is InChI=1S/C13H19NO3/c14-11(15)12-5-8-3-9(6-12)13(10(4-8)7-12)16-1-2-17-13/h8-10H,1-7H2,(H2,14,15)/t8?,9-,10+,12?. The molecular formula is C13H19NO3. The lowest BCUT2D eigenvalue weighted by Gasteiger charge is -2.61. The van der Waals surface area contributed by atoms with Crippen molar-refractivity contribution >= 4 is 5.91 Å². The first-order valence-electron chi connectivity index (χ1n) is 6.72. The van der Waals surface area contributed by atoms with Gasteiger partial charge in [-0.2, -0.15) is 0 Å². The number of primary amides is 1. The number of amides is 1. The molecule has 1 aliphatic heterocycles. The van der Waals surface area contributed by atoms with Gasteiger partial charge in [-0.05, 0) is 38.0 Å². The van der Waals surface area contributed by atoms with E-state index in [1.165, 1.54) is 0 Å². The third kappa shape index (κ3) is 1.13. The Kier molecular flexibility index (Phi) is 1.84. The van der Waals surface area contributed by atoms with Crippen molar-refractivity contribution in [1.82, 2.24) is 0 Å². The molecule has 1 amide bonds. The summed E-state index contributed by atoms with van der Waals surface area (Å²) in [7, 11) is 0. The van der Waals surface area contributed by atoms with Crippen molar-refractivity contribution in [3.8, 4) is 0 Å². The van der Waals surface area contributed by atoms with Gasteiger partial charge in [-0.1, -0.05) is 0 Å². The molecule has 2 N–H and O–H groups in total. The fraction of sp³-hybridized carbons (Fsp3) is 0.923. The van der Waals surface area contributed by atoms with Crippen molar-refractivity contribution in [2.45, 2.75) is 37.9 Å². The quantitative estimate of drug-likeness (QED) is 0.741. The predicted molar refractivity (Wildman–Crippen MR) is 59.8 cm³/mol. The van der Waals surface area contributed by atoms with Gasteiger partial charge in [0, 0.05) is 11.8 Å². The van der Waals surface area contributed by atoms with Crippen molar-refractivity contribution in [1.29, 1.82) is 0 Å². The Balaban J connectivity index is 1.74. The monoisotopic (exact) mass is 237 g/mol.